The SMILES string of the molecule is C=C(C(=O)OC(=O)c1ccc([N+](=O)[O-])c(C)c1)C(C)(C)C. The van der Waals surface area contributed by atoms with Crippen LogP contribution in [0.1, 0.15) is 36.7 Å². The normalized spacial score (nSPS) is 10.9. The van der Waals surface area contributed by atoms with Crippen molar-refractivity contribution in [2.75, 3.05) is 0 Å². The number of rotatable bonds is 3. The van der Waals surface area contributed by atoms with Crippen LogP contribution in [0.3, 0.4) is 0 Å². The molecule has 1 aromatic carbocycles. The number of nitro groups is 1. The Kier molecular flexibility index (Phi) is 4.62. The van der Waals surface area contributed by atoms with E-state index in [0.717, 1.165) is 0 Å². The van der Waals surface area contributed by atoms with Crippen LogP contribution in [0.15, 0.2) is 30.4 Å². The smallest absolute Gasteiger partial charge is 0.346 e. The first kappa shape index (κ1) is 16.6. The minimum Gasteiger partial charge on any atom is -0.386 e. The molecule has 0 unspecified atom stereocenters. The van der Waals surface area contributed by atoms with Crippen LogP contribution < -0.4 is 0 Å². The third-order valence-electron chi connectivity index (χ3n) is 2.97. The molecule has 0 atom stereocenters. The number of hydrogen-bond donors (Lipinski definition) is 0. The molecular formula is C15H17NO5. The van der Waals surface area contributed by atoms with E-state index in [1.807, 2.05) is 0 Å². The highest BCUT2D eigenvalue weighted by atomic mass is 16.6. The second-order valence-electron chi connectivity index (χ2n) is 5.66. The summed E-state index contributed by atoms with van der Waals surface area (Å²) < 4.78 is 4.73. The fourth-order valence-corrected chi connectivity index (χ4v) is 1.50. The second-order valence-corrected chi connectivity index (χ2v) is 5.66. The molecule has 6 nitrogen and oxygen atoms in total. The number of aryl methyl sites for hydroxylation is 1. The number of hydrogen-bond acceptors (Lipinski definition) is 5. The third kappa shape index (κ3) is 3.98. The van der Waals surface area contributed by atoms with Gasteiger partial charge >= 0.3 is 11.9 Å². The largest absolute Gasteiger partial charge is 0.386 e. The molecule has 0 amide bonds. The molecular weight excluding hydrogens is 274 g/mol. The predicted molar refractivity (Wildman–Crippen MR) is 76.9 cm³/mol. The van der Waals surface area contributed by atoms with Gasteiger partial charge in [0.2, 0.25) is 0 Å². The van der Waals surface area contributed by atoms with Crippen LogP contribution in [-0.2, 0) is 9.53 Å². The first-order chi connectivity index (χ1) is 9.54. The van der Waals surface area contributed by atoms with Crippen molar-refractivity contribution in [2.45, 2.75) is 27.7 Å². The van der Waals surface area contributed by atoms with Gasteiger partial charge < -0.3 is 4.74 Å². The highest BCUT2D eigenvalue weighted by Gasteiger charge is 2.25. The average molecular weight is 291 g/mol. The van der Waals surface area contributed by atoms with E-state index in [4.69, 9.17) is 4.74 Å². The summed E-state index contributed by atoms with van der Waals surface area (Å²) >= 11 is 0. The molecule has 1 aromatic rings. The van der Waals surface area contributed by atoms with Crippen LogP contribution in [0, 0.1) is 22.5 Å². The standard InChI is InChI=1S/C15H17NO5/c1-9-8-11(6-7-12(9)16(19)20)14(18)21-13(17)10(2)15(3,4)5/h6-8H,2H2,1,3-5H3. The summed E-state index contributed by atoms with van der Waals surface area (Å²) in [7, 11) is 0. The van der Waals surface area contributed by atoms with Crippen LogP contribution in [0.25, 0.3) is 0 Å². The third-order valence-corrected chi connectivity index (χ3v) is 2.97. The maximum atomic E-state index is 11.9. The van der Waals surface area contributed by atoms with Crippen molar-refractivity contribution in [3.63, 3.8) is 0 Å². The van der Waals surface area contributed by atoms with E-state index < -0.39 is 22.3 Å². The average Bonchev–Trinajstić information content (AvgIpc) is 2.35. The predicted octanol–water partition coefficient (Wildman–Crippen LogP) is 3.19. The molecule has 6 heteroatoms. The number of carbonyl (C=O) groups excluding carboxylic acids is 2. The molecule has 1 rings (SSSR count). The van der Waals surface area contributed by atoms with E-state index in [0.29, 0.717) is 5.56 Å². The Morgan fingerprint density at radius 3 is 2.29 bits per heavy atom. The van der Waals surface area contributed by atoms with Gasteiger partial charge in [0.25, 0.3) is 5.69 Å². The number of esters is 2. The van der Waals surface area contributed by atoms with Crippen LogP contribution in [0.2, 0.25) is 0 Å². The van der Waals surface area contributed by atoms with Crippen molar-refractivity contribution in [3.8, 4) is 0 Å². The molecule has 0 heterocycles. The number of benzene rings is 1. The molecule has 0 bridgehead atoms. The summed E-state index contributed by atoms with van der Waals surface area (Å²) in [6.45, 7) is 10.4. The van der Waals surface area contributed by atoms with Gasteiger partial charge in [-0.05, 0) is 24.5 Å². The van der Waals surface area contributed by atoms with Crippen LogP contribution >= 0.6 is 0 Å². The van der Waals surface area contributed by atoms with Crippen molar-refractivity contribution in [1.29, 1.82) is 0 Å². The van der Waals surface area contributed by atoms with E-state index in [1.165, 1.54) is 25.1 Å². The summed E-state index contributed by atoms with van der Waals surface area (Å²) in [5.41, 5.74) is -0.0425. The lowest BCUT2D eigenvalue weighted by atomic mass is 9.88. The summed E-state index contributed by atoms with van der Waals surface area (Å²) in [4.78, 5) is 33.8. The quantitative estimate of drug-likeness (QED) is 0.280. The van der Waals surface area contributed by atoms with Crippen LogP contribution in [0.5, 0.6) is 0 Å². The van der Waals surface area contributed by atoms with Gasteiger partial charge in [-0.3, -0.25) is 10.1 Å². The molecule has 21 heavy (non-hydrogen) atoms. The number of carbonyl (C=O) groups is 2. The Labute approximate surface area is 122 Å². The summed E-state index contributed by atoms with van der Waals surface area (Å²) in [5.74, 6) is -1.66. The monoisotopic (exact) mass is 291 g/mol. The molecule has 0 fully saturated rings. The lowest BCUT2D eigenvalue weighted by Gasteiger charge is -2.19. The molecule has 0 aliphatic heterocycles. The molecule has 0 saturated heterocycles. The maximum Gasteiger partial charge on any atom is 0.346 e. The summed E-state index contributed by atoms with van der Waals surface area (Å²) in [5, 5.41) is 10.7. The van der Waals surface area contributed by atoms with E-state index in [-0.39, 0.29) is 16.8 Å². The molecule has 0 aliphatic rings. The first-order valence-electron chi connectivity index (χ1n) is 6.25. The molecule has 0 saturated carbocycles. The lowest BCUT2D eigenvalue weighted by molar-refractivity contribution is -0.385. The van der Waals surface area contributed by atoms with E-state index in [2.05, 4.69) is 6.58 Å². The van der Waals surface area contributed by atoms with Gasteiger partial charge in [0, 0.05) is 17.2 Å². The summed E-state index contributed by atoms with van der Waals surface area (Å²) in [6, 6.07) is 3.77. The van der Waals surface area contributed by atoms with E-state index in [1.54, 1.807) is 20.8 Å². The van der Waals surface area contributed by atoms with Gasteiger partial charge in [0.15, 0.2) is 0 Å². The molecule has 0 spiro atoms. The van der Waals surface area contributed by atoms with Gasteiger partial charge in [0.1, 0.15) is 0 Å². The van der Waals surface area contributed by atoms with E-state index in [9.17, 15) is 19.7 Å². The minimum absolute atomic E-state index is 0.0770. The zero-order valence-electron chi connectivity index (χ0n) is 12.4. The fourth-order valence-electron chi connectivity index (χ4n) is 1.50. The van der Waals surface area contributed by atoms with Crippen molar-refractivity contribution in [2.24, 2.45) is 5.41 Å². The van der Waals surface area contributed by atoms with Gasteiger partial charge in [-0.1, -0.05) is 27.4 Å². The Bertz CT molecular complexity index is 625. The Hall–Kier alpha value is -2.50. The van der Waals surface area contributed by atoms with Crippen LogP contribution in [-0.4, -0.2) is 16.9 Å². The molecule has 0 aromatic heterocycles. The Morgan fingerprint density at radius 1 is 1.29 bits per heavy atom. The zero-order chi connectivity index (χ0) is 16.4. The van der Waals surface area contributed by atoms with Crippen molar-refractivity contribution < 1.29 is 19.2 Å². The topological polar surface area (TPSA) is 86.5 Å². The molecule has 0 radical (unpaired) electrons. The Balaban J connectivity index is 2.91. The van der Waals surface area contributed by atoms with Crippen LogP contribution in [0.4, 0.5) is 5.69 Å². The highest BCUT2D eigenvalue weighted by molar-refractivity contribution is 6.02. The van der Waals surface area contributed by atoms with Gasteiger partial charge in [-0.25, -0.2) is 9.59 Å². The van der Waals surface area contributed by atoms with E-state index >= 15 is 0 Å². The first-order valence-corrected chi connectivity index (χ1v) is 6.25. The fraction of sp³-hybridized carbons (Fsp3) is 0.333. The lowest BCUT2D eigenvalue weighted by Crippen LogP contribution is -2.22. The Morgan fingerprint density at radius 2 is 1.86 bits per heavy atom. The minimum atomic E-state index is -0.858. The van der Waals surface area contributed by atoms with Crippen molar-refractivity contribution >= 4 is 17.6 Å². The summed E-state index contributed by atoms with van der Waals surface area (Å²) in [6.07, 6.45) is 0. The number of ether oxygens (including phenoxy) is 1. The number of nitro benzene ring substituents is 1. The molecule has 0 aliphatic carbocycles. The van der Waals surface area contributed by atoms with Crippen molar-refractivity contribution in [1.82, 2.24) is 0 Å². The van der Waals surface area contributed by atoms with Gasteiger partial charge in [0.05, 0.1) is 10.5 Å². The maximum absolute atomic E-state index is 11.9. The number of nitrogens with zero attached hydrogens (tertiary/aromatic N) is 1. The molecule has 0 N–H and O–H groups in total. The van der Waals surface area contributed by atoms with Gasteiger partial charge in [-0.2, -0.15) is 0 Å². The second kappa shape index (κ2) is 5.87. The van der Waals surface area contributed by atoms with Gasteiger partial charge in [-0.15, -0.1) is 0 Å². The highest BCUT2D eigenvalue weighted by Crippen LogP contribution is 2.25. The molecule has 112 valence electrons. The van der Waals surface area contributed by atoms with Crippen molar-refractivity contribution in [3.05, 3.63) is 51.6 Å². The zero-order valence-corrected chi connectivity index (χ0v) is 12.4.